The zero-order chi connectivity index (χ0) is 15.0. The Balaban J connectivity index is 1.75. The van der Waals surface area contributed by atoms with Crippen LogP contribution in [-0.2, 0) is 16.2 Å². The summed E-state index contributed by atoms with van der Waals surface area (Å²) >= 11 is 0. The first kappa shape index (κ1) is 13.6. The number of carbonyl (C=O) groups excluding carboxylic acids is 2. The number of hydroxylamine groups is 2. The van der Waals surface area contributed by atoms with Gasteiger partial charge in [0.1, 0.15) is 12.6 Å². The van der Waals surface area contributed by atoms with Gasteiger partial charge in [-0.15, -0.1) is 0 Å². The van der Waals surface area contributed by atoms with Crippen LogP contribution in [0.3, 0.4) is 0 Å². The van der Waals surface area contributed by atoms with Crippen molar-refractivity contribution in [2.24, 2.45) is 5.73 Å². The second-order valence-electron chi connectivity index (χ2n) is 5.29. The number of hydrogen-bond donors (Lipinski definition) is 1. The van der Waals surface area contributed by atoms with Gasteiger partial charge in [-0.3, -0.25) is 9.63 Å². The highest BCUT2D eigenvalue weighted by Gasteiger charge is 2.46. The molecule has 2 bridgehead atoms. The third-order valence-electron chi connectivity index (χ3n) is 3.87. The second kappa shape index (κ2) is 5.21. The molecule has 0 aliphatic carbocycles. The van der Waals surface area contributed by atoms with Crippen molar-refractivity contribution >= 4 is 11.9 Å². The standard InChI is InChI=1S/C15H17N3O3/c1-10-7-12(14(16)19)17-8-13(10)18(15(17)20)21-9-11-5-3-2-4-6-11/h2-7,12-13H,8-9H2,1H3,(H2,16,19)/t12-,13-/m0/s1. The minimum Gasteiger partial charge on any atom is -0.368 e. The van der Waals surface area contributed by atoms with Crippen LogP contribution in [0, 0.1) is 0 Å². The Morgan fingerprint density at radius 2 is 2.10 bits per heavy atom. The van der Waals surface area contributed by atoms with E-state index in [0.29, 0.717) is 13.2 Å². The Labute approximate surface area is 122 Å². The van der Waals surface area contributed by atoms with E-state index in [1.165, 1.54) is 9.96 Å². The van der Waals surface area contributed by atoms with Crippen LogP contribution in [0.15, 0.2) is 42.0 Å². The summed E-state index contributed by atoms with van der Waals surface area (Å²) in [7, 11) is 0. The Morgan fingerprint density at radius 3 is 2.76 bits per heavy atom. The van der Waals surface area contributed by atoms with E-state index >= 15 is 0 Å². The third kappa shape index (κ3) is 2.38. The summed E-state index contributed by atoms with van der Waals surface area (Å²) in [6.45, 7) is 2.63. The van der Waals surface area contributed by atoms with Crippen LogP contribution in [0.25, 0.3) is 0 Å². The minimum absolute atomic E-state index is 0.156. The molecule has 2 N–H and O–H groups in total. The Morgan fingerprint density at radius 1 is 1.38 bits per heavy atom. The fraction of sp³-hybridized carbons (Fsp3) is 0.333. The molecule has 3 amide bonds. The highest BCUT2D eigenvalue weighted by molar-refractivity contribution is 5.89. The average Bonchev–Trinajstić information content (AvgIpc) is 2.76. The first-order chi connectivity index (χ1) is 10.1. The minimum atomic E-state index is -0.681. The predicted octanol–water partition coefficient (Wildman–Crippen LogP) is 1.04. The number of carbonyl (C=O) groups is 2. The van der Waals surface area contributed by atoms with Gasteiger partial charge in [0.25, 0.3) is 0 Å². The monoisotopic (exact) mass is 287 g/mol. The van der Waals surface area contributed by atoms with E-state index in [1.54, 1.807) is 6.08 Å². The fourth-order valence-electron chi connectivity index (χ4n) is 2.71. The summed E-state index contributed by atoms with van der Waals surface area (Å²) in [4.78, 5) is 30.9. The molecule has 21 heavy (non-hydrogen) atoms. The molecule has 1 saturated heterocycles. The molecular weight excluding hydrogens is 270 g/mol. The van der Waals surface area contributed by atoms with Gasteiger partial charge in [-0.2, -0.15) is 5.06 Å². The molecule has 2 heterocycles. The molecule has 2 aliphatic heterocycles. The molecule has 0 radical (unpaired) electrons. The van der Waals surface area contributed by atoms with Gasteiger partial charge in [0.05, 0.1) is 12.6 Å². The first-order valence-corrected chi connectivity index (χ1v) is 6.82. The summed E-state index contributed by atoms with van der Waals surface area (Å²) < 4.78 is 0. The van der Waals surface area contributed by atoms with Crippen molar-refractivity contribution in [2.45, 2.75) is 25.6 Å². The summed E-state index contributed by atoms with van der Waals surface area (Å²) in [6, 6.07) is 8.47. The van der Waals surface area contributed by atoms with Crippen LogP contribution in [0.2, 0.25) is 0 Å². The lowest BCUT2D eigenvalue weighted by atomic mass is 10.0. The topological polar surface area (TPSA) is 75.9 Å². The summed E-state index contributed by atoms with van der Waals surface area (Å²) in [5, 5.41) is 1.35. The van der Waals surface area contributed by atoms with Gasteiger partial charge in [-0.1, -0.05) is 36.4 Å². The SMILES string of the molecule is CC1=C[C@@H](C(N)=O)N2C[C@@H]1N(OCc1ccccc1)C2=O. The Hall–Kier alpha value is -2.34. The van der Waals surface area contributed by atoms with Crippen molar-refractivity contribution < 1.29 is 14.4 Å². The van der Waals surface area contributed by atoms with E-state index in [-0.39, 0.29) is 12.1 Å². The van der Waals surface area contributed by atoms with Crippen LogP contribution in [0.5, 0.6) is 0 Å². The van der Waals surface area contributed by atoms with Gasteiger partial charge < -0.3 is 10.6 Å². The molecule has 0 spiro atoms. The second-order valence-corrected chi connectivity index (χ2v) is 5.29. The molecule has 3 rings (SSSR count). The number of fused-ring (bicyclic) bond motifs is 2. The molecule has 0 saturated carbocycles. The number of benzene rings is 1. The quantitative estimate of drug-likeness (QED) is 0.841. The molecule has 2 atom stereocenters. The zero-order valence-corrected chi connectivity index (χ0v) is 11.7. The van der Waals surface area contributed by atoms with Crippen molar-refractivity contribution in [1.29, 1.82) is 0 Å². The highest BCUT2D eigenvalue weighted by Crippen LogP contribution is 2.30. The van der Waals surface area contributed by atoms with Crippen LogP contribution in [-0.4, -0.2) is 40.5 Å². The van der Waals surface area contributed by atoms with E-state index in [4.69, 9.17) is 10.6 Å². The smallest absolute Gasteiger partial charge is 0.345 e. The maximum absolute atomic E-state index is 12.4. The molecule has 0 aromatic heterocycles. The van der Waals surface area contributed by atoms with Crippen LogP contribution in [0.1, 0.15) is 12.5 Å². The first-order valence-electron chi connectivity index (χ1n) is 6.82. The Bertz CT molecular complexity index is 599. The summed E-state index contributed by atoms with van der Waals surface area (Å²) in [5.41, 5.74) is 7.26. The maximum atomic E-state index is 12.4. The number of primary amides is 1. The van der Waals surface area contributed by atoms with E-state index in [9.17, 15) is 9.59 Å². The molecule has 0 unspecified atom stereocenters. The van der Waals surface area contributed by atoms with Gasteiger partial charge in [0, 0.05) is 0 Å². The molecule has 6 nitrogen and oxygen atoms in total. The Kier molecular flexibility index (Phi) is 3.39. The number of nitrogens with zero attached hydrogens (tertiary/aromatic N) is 2. The largest absolute Gasteiger partial charge is 0.368 e. The number of rotatable bonds is 4. The number of amides is 3. The fourth-order valence-corrected chi connectivity index (χ4v) is 2.71. The molecule has 2 aliphatic rings. The third-order valence-corrected chi connectivity index (χ3v) is 3.87. The van der Waals surface area contributed by atoms with Crippen LogP contribution < -0.4 is 5.73 Å². The van der Waals surface area contributed by atoms with Gasteiger partial charge in [-0.05, 0) is 18.1 Å². The number of hydrogen-bond acceptors (Lipinski definition) is 3. The summed E-state index contributed by atoms with van der Waals surface area (Å²) in [6.07, 6.45) is 1.74. The average molecular weight is 287 g/mol. The van der Waals surface area contributed by atoms with E-state index in [1.807, 2.05) is 37.3 Å². The van der Waals surface area contributed by atoms with E-state index < -0.39 is 11.9 Å². The van der Waals surface area contributed by atoms with Crippen LogP contribution >= 0.6 is 0 Å². The van der Waals surface area contributed by atoms with Crippen molar-refractivity contribution in [3.8, 4) is 0 Å². The molecule has 1 aromatic rings. The van der Waals surface area contributed by atoms with Crippen molar-refractivity contribution in [3.63, 3.8) is 0 Å². The van der Waals surface area contributed by atoms with E-state index in [0.717, 1.165) is 11.1 Å². The maximum Gasteiger partial charge on any atom is 0.345 e. The normalized spacial score (nSPS) is 24.2. The van der Waals surface area contributed by atoms with Gasteiger partial charge >= 0.3 is 6.03 Å². The molecular formula is C15H17N3O3. The lowest BCUT2D eigenvalue weighted by Crippen LogP contribution is -2.46. The lowest BCUT2D eigenvalue weighted by Gasteiger charge is -2.26. The van der Waals surface area contributed by atoms with E-state index in [2.05, 4.69) is 0 Å². The van der Waals surface area contributed by atoms with Gasteiger partial charge in [0.2, 0.25) is 5.91 Å². The van der Waals surface area contributed by atoms with Crippen LogP contribution in [0.4, 0.5) is 4.79 Å². The molecule has 110 valence electrons. The van der Waals surface area contributed by atoms with Crippen molar-refractivity contribution in [3.05, 3.63) is 47.5 Å². The summed E-state index contributed by atoms with van der Waals surface area (Å²) in [5.74, 6) is -0.522. The van der Waals surface area contributed by atoms with Crippen molar-refractivity contribution in [2.75, 3.05) is 6.54 Å². The van der Waals surface area contributed by atoms with Gasteiger partial charge in [0.15, 0.2) is 0 Å². The lowest BCUT2D eigenvalue weighted by molar-refractivity contribution is -0.133. The van der Waals surface area contributed by atoms with Gasteiger partial charge in [-0.25, -0.2) is 4.79 Å². The molecule has 6 heteroatoms. The molecule has 1 aromatic carbocycles. The highest BCUT2D eigenvalue weighted by atomic mass is 16.7. The predicted molar refractivity (Wildman–Crippen MR) is 75.7 cm³/mol. The number of urea groups is 1. The zero-order valence-electron chi connectivity index (χ0n) is 11.7. The molecule has 1 fully saturated rings. The van der Waals surface area contributed by atoms with Crippen molar-refractivity contribution in [1.82, 2.24) is 9.96 Å². The number of nitrogens with two attached hydrogens (primary N) is 1.